The van der Waals surface area contributed by atoms with Crippen LogP contribution < -0.4 is 5.63 Å². The van der Waals surface area contributed by atoms with E-state index in [9.17, 15) is 4.79 Å². The lowest BCUT2D eigenvalue weighted by Gasteiger charge is -2.08. The van der Waals surface area contributed by atoms with Crippen LogP contribution in [0.5, 0.6) is 0 Å². The summed E-state index contributed by atoms with van der Waals surface area (Å²) in [4.78, 5) is 18.5. The van der Waals surface area contributed by atoms with Crippen molar-refractivity contribution in [2.24, 2.45) is 0 Å². The molecular weight excluding hydrogens is 234 g/mol. The summed E-state index contributed by atoms with van der Waals surface area (Å²) in [6, 6.07) is 0. The van der Waals surface area contributed by atoms with Crippen molar-refractivity contribution in [2.45, 2.75) is 45.4 Å². The van der Waals surface area contributed by atoms with Gasteiger partial charge >= 0.3 is 5.63 Å². The van der Waals surface area contributed by atoms with Crippen LogP contribution in [0.1, 0.15) is 42.0 Å². The van der Waals surface area contributed by atoms with Crippen molar-refractivity contribution in [2.75, 3.05) is 0 Å². The normalized spacial score (nSPS) is 16.5. The number of hydrogen-bond donors (Lipinski definition) is 0. The molecule has 0 radical (unpaired) electrons. The van der Waals surface area contributed by atoms with Gasteiger partial charge in [0, 0.05) is 11.8 Å². The van der Waals surface area contributed by atoms with Crippen molar-refractivity contribution < 1.29 is 4.42 Å². The molecule has 0 amide bonds. The highest BCUT2D eigenvalue weighted by Crippen LogP contribution is 2.32. The predicted octanol–water partition coefficient (Wildman–Crippen LogP) is 3.22. The zero-order valence-corrected chi connectivity index (χ0v) is 10.7. The number of rotatable bonds is 0. The average molecular weight is 249 g/mol. The lowest BCUT2D eigenvalue weighted by molar-refractivity contribution is 0.467. The smallest absolute Gasteiger partial charge is 0.348 e. The van der Waals surface area contributed by atoms with Gasteiger partial charge in [0.05, 0.1) is 0 Å². The molecule has 0 aliphatic heterocycles. The molecule has 1 aliphatic rings. The molecule has 0 fully saturated rings. The Kier molecular flexibility index (Phi) is 2.74. The van der Waals surface area contributed by atoms with Crippen molar-refractivity contribution >= 4 is 21.6 Å². The number of hydrogen-bond acceptors (Lipinski definition) is 4. The van der Waals surface area contributed by atoms with Crippen LogP contribution in [0, 0.1) is 6.92 Å². The van der Waals surface area contributed by atoms with Crippen LogP contribution in [0.2, 0.25) is 0 Å². The van der Waals surface area contributed by atoms with Crippen molar-refractivity contribution in [3.8, 4) is 0 Å². The molecule has 17 heavy (non-hydrogen) atoms. The summed E-state index contributed by atoms with van der Waals surface area (Å²) >= 11 is 1.68. The molecule has 1 aliphatic carbocycles. The van der Waals surface area contributed by atoms with Crippen LogP contribution in [0.25, 0.3) is 10.2 Å². The van der Waals surface area contributed by atoms with E-state index in [1.54, 1.807) is 18.3 Å². The predicted molar refractivity (Wildman–Crippen MR) is 68.8 cm³/mol. The highest BCUT2D eigenvalue weighted by atomic mass is 32.1. The molecule has 0 spiro atoms. The monoisotopic (exact) mass is 249 g/mol. The fraction of sp³-hybridized carbons (Fsp3) is 0.538. The molecule has 3 rings (SSSR count). The zero-order chi connectivity index (χ0) is 11.8. The first-order chi connectivity index (χ1) is 8.25. The Morgan fingerprint density at radius 1 is 1.18 bits per heavy atom. The molecule has 0 saturated heterocycles. The van der Waals surface area contributed by atoms with Gasteiger partial charge in [-0.15, -0.1) is 11.3 Å². The van der Waals surface area contributed by atoms with E-state index >= 15 is 0 Å². The molecule has 2 heterocycles. The highest BCUT2D eigenvalue weighted by molar-refractivity contribution is 7.18. The summed E-state index contributed by atoms with van der Waals surface area (Å²) in [6.07, 6.45) is 7.06. The first kappa shape index (κ1) is 11.0. The topological polar surface area (TPSA) is 43.1 Å². The summed E-state index contributed by atoms with van der Waals surface area (Å²) in [5.74, 6) is 0.469. The van der Waals surface area contributed by atoms with E-state index in [4.69, 9.17) is 4.42 Å². The Labute approximate surface area is 103 Å². The average Bonchev–Trinajstić information content (AvgIpc) is 2.55. The molecule has 0 N–H and O–H groups in total. The number of thiophene rings is 1. The molecule has 0 unspecified atom stereocenters. The van der Waals surface area contributed by atoms with Crippen LogP contribution in [-0.2, 0) is 12.8 Å². The molecule has 2 aromatic heterocycles. The molecule has 0 aromatic carbocycles. The maximum absolute atomic E-state index is 11.9. The fourth-order valence-electron chi connectivity index (χ4n) is 2.55. The number of nitrogens with zero attached hydrogens (tertiary/aromatic N) is 1. The third-order valence-electron chi connectivity index (χ3n) is 3.36. The zero-order valence-electron chi connectivity index (χ0n) is 9.91. The Bertz CT molecular complexity index is 612. The van der Waals surface area contributed by atoms with Crippen LogP contribution in [0.15, 0.2) is 9.21 Å². The first-order valence-electron chi connectivity index (χ1n) is 6.17. The van der Waals surface area contributed by atoms with Crippen LogP contribution >= 0.6 is 11.3 Å². The van der Waals surface area contributed by atoms with Gasteiger partial charge in [0.15, 0.2) is 5.89 Å². The van der Waals surface area contributed by atoms with Crippen molar-refractivity contribution in [3.63, 3.8) is 0 Å². The third-order valence-corrected chi connectivity index (χ3v) is 4.54. The van der Waals surface area contributed by atoms with Gasteiger partial charge in [-0.3, -0.25) is 0 Å². The second-order valence-electron chi connectivity index (χ2n) is 4.62. The van der Waals surface area contributed by atoms with E-state index in [1.807, 2.05) is 0 Å². The Morgan fingerprint density at radius 2 is 1.94 bits per heavy atom. The summed E-state index contributed by atoms with van der Waals surface area (Å²) in [6.45, 7) is 1.73. The maximum atomic E-state index is 11.9. The molecular formula is C13H15NO2S. The Balaban J connectivity index is 2.26. The van der Waals surface area contributed by atoms with E-state index in [1.165, 1.54) is 36.1 Å². The quantitative estimate of drug-likeness (QED) is 0.720. The van der Waals surface area contributed by atoms with Gasteiger partial charge in [0.1, 0.15) is 10.2 Å². The minimum Gasteiger partial charge on any atom is -0.408 e. The van der Waals surface area contributed by atoms with Crippen LogP contribution in [0.4, 0.5) is 0 Å². The van der Waals surface area contributed by atoms with E-state index in [0.29, 0.717) is 5.89 Å². The van der Waals surface area contributed by atoms with Gasteiger partial charge in [-0.1, -0.05) is 12.8 Å². The van der Waals surface area contributed by atoms with E-state index < -0.39 is 0 Å². The summed E-state index contributed by atoms with van der Waals surface area (Å²) in [7, 11) is 0. The largest absolute Gasteiger partial charge is 0.408 e. The first-order valence-corrected chi connectivity index (χ1v) is 6.99. The minimum absolute atomic E-state index is 0.203. The second kappa shape index (κ2) is 4.26. The summed E-state index contributed by atoms with van der Waals surface area (Å²) < 4.78 is 5.13. The van der Waals surface area contributed by atoms with Crippen molar-refractivity contribution in [1.82, 2.24) is 4.98 Å². The van der Waals surface area contributed by atoms with E-state index in [-0.39, 0.29) is 5.63 Å². The van der Waals surface area contributed by atoms with Gasteiger partial charge < -0.3 is 4.42 Å². The van der Waals surface area contributed by atoms with Crippen molar-refractivity contribution in [1.29, 1.82) is 0 Å². The van der Waals surface area contributed by atoms with Crippen molar-refractivity contribution in [3.05, 3.63) is 26.8 Å². The molecule has 4 heteroatoms. The van der Waals surface area contributed by atoms with Gasteiger partial charge in [0.25, 0.3) is 0 Å². The number of aryl methyl sites for hydroxylation is 3. The van der Waals surface area contributed by atoms with Gasteiger partial charge in [-0.05, 0) is 31.2 Å². The van der Waals surface area contributed by atoms with E-state index in [2.05, 4.69) is 4.98 Å². The number of aromatic nitrogens is 1. The second-order valence-corrected chi connectivity index (χ2v) is 5.70. The summed E-state index contributed by atoms with van der Waals surface area (Å²) in [5, 5.41) is 0.748. The van der Waals surface area contributed by atoms with Gasteiger partial charge in [0.2, 0.25) is 0 Å². The standard InChI is InChI=1S/C13H15NO2S/c1-8-14-12-11(13(15)16-8)9-6-4-2-3-5-7-10(9)17-12/h2-7H2,1H3. The summed E-state index contributed by atoms with van der Waals surface area (Å²) in [5.41, 5.74) is 1.01. The third kappa shape index (κ3) is 1.90. The molecule has 90 valence electrons. The number of fused-ring (bicyclic) bond motifs is 3. The Hall–Kier alpha value is -1.16. The molecule has 3 nitrogen and oxygen atoms in total. The lowest BCUT2D eigenvalue weighted by atomic mass is 9.98. The lowest BCUT2D eigenvalue weighted by Crippen LogP contribution is -2.05. The molecule has 0 bridgehead atoms. The Morgan fingerprint density at radius 3 is 2.76 bits per heavy atom. The molecule has 0 atom stereocenters. The van der Waals surface area contributed by atoms with Crippen LogP contribution in [0.3, 0.4) is 0 Å². The van der Waals surface area contributed by atoms with Gasteiger partial charge in [-0.2, -0.15) is 0 Å². The maximum Gasteiger partial charge on any atom is 0.348 e. The molecule has 2 aromatic rings. The van der Waals surface area contributed by atoms with Crippen LogP contribution in [-0.4, -0.2) is 4.98 Å². The van der Waals surface area contributed by atoms with Gasteiger partial charge in [-0.25, -0.2) is 9.78 Å². The SMILES string of the molecule is Cc1nc2sc3c(c2c(=O)o1)CCCCCC3. The molecule has 0 saturated carbocycles. The van der Waals surface area contributed by atoms with E-state index in [0.717, 1.165) is 23.1 Å². The minimum atomic E-state index is -0.203. The highest BCUT2D eigenvalue weighted by Gasteiger charge is 2.18. The fourth-order valence-corrected chi connectivity index (χ4v) is 3.84.